The number of nitrogen functional groups attached to an aromatic ring is 1. The van der Waals surface area contributed by atoms with Gasteiger partial charge in [-0.15, -0.1) is 11.3 Å². The van der Waals surface area contributed by atoms with Gasteiger partial charge >= 0.3 is 0 Å². The predicted molar refractivity (Wildman–Crippen MR) is 65.2 cm³/mol. The van der Waals surface area contributed by atoms with E-state index in [4.69, 9.17) is 5.73 Å². The fourth-order valence-electron chi connectivity index (χ4n) is 1.34. The molecule has 0 saturated carbocycles. The minimum Gasteiger partial charge on any atom is -0.385 e. The number of thiophene rings is 1. The first-order valence-corrected chi connectivity index (χ1v) is 5.70. The molecule has 15 heavy (non-hydrogen) atoms. The van der Waals surface area contributed by atoms with Crippen molar-refractivity contribution in [3.8, 4) is 0 Å². The zero-order valence-corrected chi connectivity index (χ0v) is 9.13. The molecule has 0 bridgehead atoms. The van der Waals surface area contributed by atoms with Gasteiger partial charge in [0, 0.05) is 29.4 Å². The maximum Gasteiger partial charge on any atom is 0.125 e. The fourth-order valence-corrected chi connectivity index (χ4v) is 2.05. The van der Waals surface area contributed by atoms with Gasteiger partial charge in [0.25, 0.3) is 0 Å². The van der Waals surface area contributed by atoms with E-state index in [2.05, 4.69) is 27.8 Å². The summed E-state index contributed by atoms with van der Waals surface area (Å²) in [5.74, 6) is 0.552. The van der Waals surface area contributed by atoms with Gasteiger partial charge in [0.15, 0.2) is 0 Å². The molecule has 0 aliphatic carbocycles. The van der Waals surface area contributed by atoms with Gasteiger partial charge in [0.2, 0.25) is 0 Å². The number of pyridine rings is 1. The molecule has 0 aliphatic rings. The number of hydrogen-bond acceptors (Lipinski definition) is 4. The lowest BCUT2D eigenvalue weighted by atomic mass is 10.3. The van der Waals surface area contributed by atoms with Gasteiger partial charge in [-0.3, -0.25) is 0 Å². The Bertz CT molecular complexity index is 412. The second kappa shape index (κ2) is 4.79. The summed E-state index contributed by atoms with van der Waals surface area (Å²) in [6.45, 7) is 0.921. The van der Waals surface area contributed by atoms with Crippen molar-refractivity contribution in [1.82, 2.24) is 4.98 Å². The number of nitrogens with two attached hydrogens (primary N) is 1. The van der Waals surface area contributed by atoms with Crippen LogP contribution in [-0.4, -0.2) is 11.5 Å². The maximum absolute atomic E-state index is 5.58. The Kier molecular flexibility index (Phi) is 3.19. The molecular formula is C11H13N3S. The Morgan fingerprint density at radius 2 is 2.33 bits per heavy atom. The molecule has 0 unspecified atom stereocenters. The molecule has 3 nitrogen and oxygen atoms in total. The van der Waals surface area contributed by atoms with Crippen LogP contribution in [0.5, 0.6) is 0 Å². The monoisotopic (exact) mass is 219 g/mol. The Morgan fingerprint density at radius 3 is 3.07 bits per heavy atom. The zero-order valence-electron chi connectivity index (χ0n) is 8.31. The van der Waals surface area contributed by atoms with Crippen LogP contribution in [0.1, 0.15) is 4.88 Å². The van der Waals surface area contributed by atoms with Gasteiger partial charge in [-0.25, -0.2) is 4.98 Å². The number of nitrogens with zero attached hydrogens (tertiary/aromatic N) is 1. The van der Waals surface area contributed by atoms with Crippen LogP contribution in [0, 0.1) is 0 Å². The molecule has 0 atom stereocenters. The van der Waals surface area contributed by atoms with Gasteiger partial charge in [-0.2, -0.15) is 0 Å². The van der Waals surface area contributed by atoms with Crippen LogP contribution in [0.4, 0.5) is 11.5 Å². The standard InChI is InChI=1S/C11H13N3S/c12-11-8-9(3-5-14-11)13-6-4-10-2-1-7-15-10/h1-3,5,7-8H,4,6H2,(H3,12,13,14). The summed E-state index contributed by atoms with van der Waals surface area (Å²) < 4.78 is 0. The highest BCUT2D eigenvalue weighted by molar-refractivity contribution is 7.09. The number of hydrogen-bond donors (Lipinski definition) is 2. The number of aromatic nitrogens is 1. The molecule has 3 N–H and O–H groups in total. The number of nitrogens with one attached hydrogen (secondary N) is 1. The van der Waals surface area contributed by atoms with Gasteiger partial charge < -0.3 is 11.1 Å². The maximum atomic E-state index is 5.58. The lowest BCUT2D eigenvalue weighted by Crippen LogP contribution is -2.04. The lowest BCUT2D eigenvalue weighted by Gasteiger charge is -2.05. The number of anilines is 2. The molecule has 0 fully saturated rings. The molecular weight excluding hydrogens is 206 g/mol. The highest BCUT2D eigenvalue weighted by Crippen LogP contribution is 2.11. The molecule has 0 aliphatic heterocycles. The summed E-state index contributed by atoms with van der Waals surface area (Å²) >= 11 is 1.78. The minimum absolute atomic E-state index is 0.552. The van der Waals surface area contributed by atoms with E-state index >= 15 is 0 Å². The van der Waals surface area contributed by atoms with Crippen LogP contribution in [0.2, 0.25) is 0 Å². The third-order valence-corrected chi connectivity index (χ3v) is 3.00. The van der Waals surface area contributed by atoms with E-state index in [0.29, 0.717) is 5.82 Å². The van der Waals surface area contributed by atoms with Crippen molar-refractivity contribution >= 4 is 22.8 Å². The Morgan fingerprint density at radius 1 is 1.40 bits per heavy atom. The van der Waals surface area contributed by atoms with Crippen LogP contribution in [0.15, 0.2) is 35.8 Å². The van der Waals surface area contributed by atoms with Gasteiger partial charge in [-0.05, 0) is 23.9 Å². The van der Waals surface area contributed by atoms with Crippen molar-refractivity contribution in [3.63, 3.8) is 0 Å². The molecule has 0 aromatic carbocycles. The van der Waals surface area contributed by atoms with E-state index in [1.54, 1.807) is 17.5 Å². The first-order chi connectivity index (χ1) is 7.34. The Labute approximate surface area is 93.0 Å². The molecule has 0 amide bonds. The molecule has 0 radical (unpaired) electrons. The molecule has 2 aromatic heterocycles. The normalized spacial score (nSPS) is 10.1. The van der Waals surface area contributed by atoms with Gasteiger partial charge in [0.05, 0.1) is 0 Å². The largest absolute Gasteiger partial charge is 0.385 e. The summed E-state index contributed by atoms with van der Waals surface area (Å²) in [6.07, 6.45) is 2.75. The average molecular weight is 219 g/mol. The molecule has 2 aromatic rings. The molecule has 2 heterocycles. The molecule has 0 saturated heterocycles. The zero-order chi connectivity index (χ0) is 10.5. The smallest absolute Gasteiger partial charge is 0.125 e. The first kappa shape index (κ1) is 9.98. The first-order valence-electron chi connectivity index (χ1n) is 4.82. The van der Waals surface area contributed by atoms with E-state index in [1.807, 2.05) is 12.1 Å². The van der Waals surface area contributed by atoms with E-state index in [1.165, 1.54) is 4.88 Å². The highest BCUT2D eigenvalue weighted by Gasteiger charge is 1.95. The SMILES string of the molecule is Nc1cc(NCCc2cccs2)ccn1. The van der Waals surface area contributed by atoms with Crippen LogP contribution >= 0.6 is 11.3 Å². The Balaban J connectivity index is 1.83. The third-order valence-electron chi connectivity index (χ3n) is 2.06. The molecule has 78 valence electrons. The number of rotatable bonds is 4. The van der Waals surface area contributed by atoms with Crippen molar-refractivity contribution in [1.29, 1.82) is 0 Å². The summed E-state index contributed by atoms with van der Waals surface area (Å²) in [6, 6.07) is 7.98. The van der Waals surface area contributed by atoms with E-state index in [0.717, 1.165) is 18.7 Å². The van der Waals surface area contributed by atoms with E-state index in [-0.39, 0.29) is 0 Å². The van der Waals surface area contributed by atoms with Crippen LogP contribution in [0.25, 0.3) is 0 Å². The quantitative estimate of drug-likeness (QED) is 0.830. The highest BCUT2D eigenvalue weighted by atomic mass is 32.1. The summed E-state index contributed by atoms with van der Waals surface area (Å²) in [7, 11) is 0. The third kappa shape index (κ3) is 2.95. The summed E-state index contributed by atoms with van der Waals surface area (Å²) in [5, 5.41) is 5.41. The lowest BCUT2D eigenvalue weighted by molar-refractivity contribution is 1.04. The van der Waals surface area contributed by atoms with Crippen molar-refractivity contribution in [2.45, 2.75) is 6.42 Å². The predicted octanol–water partition coefficient (Wildman–Crippen LogP) is 2.38. The van der Waals surface area contributed by atoms with Crippen molar-refractivity contribution in [3.05, 3.63) is 40.7 Å². The summed E-state index contributed by atoms with van der Waals surface area (Å²) in [4.78, 5) is 5.33. The fraction of sp³-hybridized carbons (Fsp3) is 0.182. The van der Waals surface area contributed by atoms with Crippen LogP contribution < -0.4 is 11.1 Å². The molecule has 4 heteroatoms. The topological polar surface area (TPSA) is 50.9 Å². The minimum atomic E-state index is 0.552. The second-order valence-corrected chi connectivity index (χ2v) is 4.26. The van der Waals surface area contributed by atoms with E-state index < -0.39 is 0 Å². The summed E-state index contributed by atoms with van der Waals surface area (Å²) in [5.41, 5.74) is 6.60. The Hall–Kier alpha value is -1.55. The van der Waals surface area contributed by atoms with Crippen molar-refractivity contribution in [2.24, 2.45) is 0 Å². The van der Waals surface area contributed by atoms with Crippen molar-refractivity contribution in [2.75, 3.05) is 17.6 Å². The van der Waals surface area contributed by atoms with E-state index in [9.17, 15) is 0 Å². The molecule has 0 spiro atoms. The van der Waals surface area contributed by atoms with Crippen LogP contribution in [0.3, 0.4) is 0 Å². The van der Waals surface area contributed by atoms with Crippen LogP contribution in [-0.2, 0) is 6.42 Å². The average Bonchev–Trinajstić information content (AvgIpc) is 2.71. The van der Waals surface area contributed by atoms with Gasteiger partial charge in [0.1, 0.15) is 5.82 Å². The molecule has 2 rings (SSSR count). The van der Waals surface area contributed by atoms with Gasteiger partial charge in [-0.1, -0.05) is 6.07 Å². The second-order valence-electron chi connectivity index (χ2n) is 3.23. The van der Waals surface area contributed by atoms with Crippen molar-refractivity contribution < 1.29 is 0 Å².